The maximum atomic E-state index is 13.7. The molecule has 12 heteroatoms. The van der Waals surface area contributed by atoms with Gasteiger partial charge in [0.1, 0.15) is 11.9 Å². The third-order valence-corrected chi connectivity index (χ3v) is 7.13. The number of benzene rings is 2. The van der Waals surface area contributed by atoms with Crippen LogP contribution < -0.4 is 16.2 Å². The lowest BCUT2D eigenvalue weighted by Crippen LogP contribution is -2.45. The van der Waals surface area contributed by atoms with E-state index in [0.717, 1.165) is 16.5 Å². The molecule has 2 aromatic carbocycles. The molecule has 0 radical (unpaired) electrons. The van der Waals surface area contributed by atoms with E-state index < -0.39 is 23.4 Å². The van der Waals surface area contributed by atoms with E-state index in [2.05, 4.69) is 41.9 Å². The molecule has 2 N–H and O–H groups in total. The van der Waals surface area contributed by atoms with Gasteiger partial charge in [-0.25, -0.2) is 9.67 Å². The van der Waals surface area contributed by atoms with Gasteiger partial charge in [-0.2, -0.15) is 0 Å². The zero-order chi connectivity index (χ0) is 27.7. The molecule has 1 aliphatic heterocycles. The standard InChI is InChI=1S/C27H26BrN7O4/c1-3-6-20-24(32-33-34(20)14-16-7-4-8-17(28)13-16)26(38)30-19-10-5-9-18-23(19)27(39)35(15(2)29-18)21-11-12-22(36)31-25(21)37/h4-5,7-10,13,21H,3,6,11-12,14H2,1-2H3,(H,30,38)(H,31,36,37). The Morgan fingerprint density at radius 1 is 1.18 bits per heavy atom. The number of nitrogens with zero attached hydrogens (tertiary/aromatic N) is 5. The quantitative estimate of drug-likeness (QED) is 0.314. The summed E-state index contributed by atoms with van der Waals surface area (Å²) in [7, 11) is 0. The summed E-state index contributed by atoms with van der Waals surface area (Å²) >= 11 is 3.48. The number of nitrogens with one attached hydrogen (secondary N) is 2. The van der Waals surface area contributed by atoms with Gasteiger partial charge in [-0.05, 0) is 49.6 Å². The van der Waals surface area contributed by atoms with E-state index in [-0.39, 0.29) is 35.5 Å². The number of carbonyl (C=O) groups excluding carboxylic acids is 3. The molecule has 11 nitrogen and oxygen atoms in total. The van der Waals surface area contributed by atoms with Crippen LogP contribution in [0.15, 0.2) is 51.7 Å². The van der Waals surface area contributed by atoms with Crippen LogP contribution in [0.3, 0.4) is 0 Å². The summed E-state index contributed by atoms with van der Waals surface area (Å²) in [4.78, 5) is 55.8. The average molecular weight is 592 g/mol. The van der Waals surface area contributed by atoms with Crippen LogP contribution in [-0.2, 0) is 22.6 Å². The van der Waals surface area contributed by atoms with Crippen molar-refractivity contribution in [2.75, 3.05) is 5.32 Å². The minimum atomic E-state index is -0.870. The smallest absolute Gasteiger partial charge is 0.278 e. The Balaban J connectivity index is 1.51. The summed E-state index contributed by atoms with van der Waals surface area (Å²) in [6.45, 7) is 4.09. The predicted octanol–water partition coefficient (Wildman–Crippen LogP) is 3.29. The fourth-order valence-corrected chi connectivity index (χ4v) is 5.31. The lowest BCUT2D eigenvalue weighted by molar-refractivity contribution is -0.135. The van der Waals surface area contributed by atoms with E-state index in [0.29, 0.717) is 30.0 Å². The lowest BCUT2D eigenvalue weighted by atomic mass is 10.1. The van der Waals surface area contributed by atoms with Crippen LogP contribution in [0.2, 0.25) is 0 Å². The molecule has 4 aromatic rings. The first kappa shape index (κ1) is 26.4. The van der Waals surface area contributed by atoms with Crippen LogP contribution in [0.5, 0.6) is 0 Å². The van der Waals surface area contributed by atoms with Gasteiger partial charge >= 0.3 is 0 Å². The summed E-state index contributed by atoms with van der Waals surface area (Å²) in [6, 6.07) is 11.9. The molecule has 200 valence electrons. The number of aryl methyl sites for hydroxylation is 1. The van der Waals surface area contributed by atoms with Crippen LogP contribution in [0.25, 0.3) is 10.9 Å². The number of imide groups is 1. The number of rotatable bonds is 7. The van der Waals surface area contributed by atoms with Gasteiger partial charge in [-0.15, -0.1) is 5.10 Å². The summed E-state index contributed by atoms with van der Waals surface area (Å²) in [5, 5.41) is 13.7. The fraction of sp³-hybridized carbons (Fsp3) is 0.296. The molecule has 39 heavy (non-hydrogen) atoms. The number of amides is 3. The molecule has 1 fully saturated rings. The number of anilines is 1. The van der Waals surface area contributed by atoms with Crippen molar-refractivity contribution in [2.24, 2.45) is 0 Å². The van der Waals surface area contributed by atoms with Gasteiger partial charge in [-0.1, -0.05) is 52.7 Å². The van der Waals surface area contributed by atoms with Crippen molar-refractivity contribution in [2.45, 2.75) is 52.1 Å². The van der Waals surface area contributed by atoms with Crippen LogP contribution in [0.4, 0.5) is 5.69 Å². The van der Waals surface area contributed by atoms with Crippen LogP contribution in [-0.4, -0.2) is 42.3 Å². The highest BCUT2D eigenvalue weighted by atomic mass is 79.9. The first-order valence-corrected chi connectivity index (χ1v) is 13.4. The topological polar surface area (TPSA) is 141 Å². The number of halogens is 1. The number of piperidine rings is 1. The molecule has 3 heterocycles. The molecule has 1 atom stereocenters. The molecule has 0 aliphatic carbocycles. The molecule has 3 amide bonds. The van der Waals surface area contributed by atoms with Crippen molar-refractivity contribution in [1.29, 1.82) is 0 Å². The van der Waals surface area contributed by atoms with E-state index in [9.17, 15) is 19.2 Å². The second kappa shape index (κ2) is 10.9. The Morgan fingerprint density at radius 2 is 1.97 bits per heavy atom. The lowest BCUT2D eigenvalue weighted by Gasteiger charge is -2.24. The minimum absolute atomic E-state index is 0.120. The molecule has 1 aliphatic rings. The van der Waals surface area contributed by atoms with E-state index in [1.54, 1.807) is 29.8 Å². The van der Waals surface area contributed by atoms with Gasteiger partial charge in [0.15, 0.2) is 5.69 Å². The van der Waals surface area contributed by atoms with Crippen molar-refractivity contribution in [3.8, 4) is 0 Å². The van der Waals surface area contributed by atoms with Gasteiger partial charge in [0.2, 0.25) is 11.8 Å². The first-order chi connectivity index (χ1) is 18.8. The van der Waals surface area contributed by atoms with Gasteiger partial charge < -0.3 is 5.32 Å². The Labute approximate surface area is 231 Å². The SMILES string of the molecule is CCCc1c(C(=O)Nc2cccc3nc(C)n(C4CCC(=O)NC4=O)c(=O)c23)nnn1Cc1cccc(Br)c1. The number of carbonyl (C=O) groups is 3. The van der Waals surface area contributed by atoms with Crippen molar-refractivity contribution in [3.05, 3.63) is 80.1 Å². The number of hydrogen-bond acceptors (Lipinski definition) is 7. The predicted molar refractivity (Wildman–Crippen MR) is 147 cm³/mol. The van der Waals surface area contributed by atoms with Gasteiger partial charge in [0.05, 0.1) is 28.8 Å². The molecule has 1 saturated heterocycles. The first-order valence-electron chi connectivity index (χ1n) is 12.6. The molecule has 0 bridgehead atoms. The van der Waals surface area contributed by atoms with E-state index >= 15 is 0 Å². The summed E-state index contributed by atoms with van der Waals surface area (Å²) in [5.41, 5.74) is 2.02. The van der Waals surface area contributed by atoms with E-state index in [1.807, 2.05) is 31.2 Å². The monoisotopic (exact) mass is 591 g/mol. The molecular weight excluding hydrogens is 566 g/mol. The van der Waals surface area contributed by atoms with Crippen molar-refractivity contribution in [3.63, 3.8) is 0 Å². The molecule has 0 spiro atoms. The van der Waals surface area contributed by atoms with E-state index in [4.69, 9.17) is 0 Å². The highest BCUT2D eigenvalue weighted by molar-refractivity contribution is 9.10. The molecule has 5 rings (SSSR count). The van der Waals surface area contributed by atoms with Gasteiger partial charge in [0.25, 0.3) is 11.5 Å². The normalized spacial score (nSPS) is 15.4. The van der Waals surface area contributed by atoms with Crippen molar-refractivity contribution in [1.82, 2.24) is 29.9 Å². The third kappa shape index (κ3) is 5.24. The Kier molecular flexibility index (Phi) is 7.38. The van der Waals surface area contributed by atoms with Crippen LogP contribution >= 0.6 is 15.9 Å². The summed E-state index contributed by atoms with van der Waals surface area (Å²) < 4.78 is 3.94. The zero-order valence-electron chi connectivity index (χ0n) is 21.4. The highest BCUT2D eigenvalue weighted by Crippen LogP contribution is 2.24. The molecular formula is C27H26BrN7O4. The average Bonchev–Trinajstić information content (AvgIpc) is 3.27. The highest BCUT2D eigenvalue weighted by Gasteiger charge is 2.31. The summed E-state index contributed by atoms with van der Waals surface area (Å²) in [5.74, 6) is -1.09. The second-order valence-corrected chi connectivity index (χ2v) is 10.3. The van der Waals surface area contributed by atoms with Gasteiger partial charge in [-0.3, -0.25) is 29.1 Å². The summed E-state index contributed by atoms with van der Waals surface area (Å²) in [6.07, 6.45) is 1.67. The number of aromatic nitrogens is 5. The van der Waals surface area contributed by atoms with Crippen molar-refractivity contribution < 1.29 is 14.4 Å². The van der Waals surface area contributed by atoms with Crippen LogP contribution in [0.1, 0.15) is 59.8 Å². The second-order valence-electron chi connectivity index (χ2n) is 9.38. The zero-order valence-corrected chi connectivity index (χ0v) is 23.0. The number of hydrogen-bond donors (Lipinski definition) is 2. The van der Waals surface area contributed by atoms with Crippen LogP contribution in [0, 0.1) is 6.92 Å². The Bertz CT molecular complexity index is 1680. The largest absolute Gasteiger partial charge is 0.320 e. The van der Waals surface area contributed by atoms with E-state index in [1.165, 1.54) is 4.57 Å². The Morgan fingerprint density at radius 3 is 2.72 bits per heavy atom. The maximum Gasteiger partial charge on any atom is 0.278 e. The molecule has 2 aromatic heterocycles. The third-order valence-electron chi connectivity index (χ3n) is 6.64. The van der Waals surface area contributed by atoms with Crippen molar-refractivity contribution >= 4 is 50.2 Å². The minimum Gasteiger partial charge on any atom is -0.320 e. The fourth-order valence-electron chi connectivity index (χ4n) is 4.86. The molecule has 0 saturated carbocycles. The molecule has 1 unspecified atom stereocenters. The maximum absolute atomic E-state index is 13.7. The Hall–Kier alpha value is -4.19. The van der Waals surface area contributed by atoms with Gasteiger partial charge in [0, 0.05) is 10.9 Å². The number of fused-ring (bicyclic) bond motifs is 1.